The van der Waals surface area contributed by atoms with E-state index in [4.69, 9.17) is 0 Å². The van der Waals surface area contributed by atoms with E-state index in [1.54, 1.807) is 4.90 Å². The first-order chi connectivity index (χ1) is 9.17. The van der Waals surface area contributed by atoms with Crippen molar-refractivity contribution in [1.29, 1.82) is 0 Å². The van der Waals surface area contributed by atoms with Crippen LogP contribution in [0.15, 0.2) is 0 Å². The van der Waals surface area contributed by atoms with Crippen LogP contribution in [-0.2, 0) is 14.3 Å². The SMILES string of the molecule is CCN(CCC(=O)OC)C(=O)CCC1CCCCC1. The number of esters is 1. The lowest BCUT2D eigenvalue weighted by molar-refractivity contribution is -0.141. The predicted molar refractivity (Wildman–Crippen MR) is 74.7 cm³/mol. The Morgan fingerprint density at radius 3 is 2.42 bits per heavy atom. The van der Waals surface area contributed by atoms with E-state index in [9.17, 15) is 9.59 Å². The van der Waals surface area contributed by atoms with Crippen molar-refractivity contribution in [3.05, 3.63) is 0 Å². The maximum absolute atomic E-state index is 12.1. The van der Waals surface area contributed by atoms with Gasteiger partial charge in [-0.25, -0.2) is 0 Å². The molecule has 0 aromatic carbocycles. The van der Waals surface area contributed by atoms with Gasteiger partial charge in [-0.1, -0.05) is 32.1 Å². The number of methoxy groups -OCH3 is 1. The molecule has 0 saturated heterocycles. The van der Waals surface area contributed by atoms with Crippen molar-refractivity contribution in [2.24, 2.45) is 5.92 Å². The standard InChI is InChI=1S/C15H27NO3/c1-3-16(12-11-15(18)19-2)14(17)10-9-13-7-5-4-6-8-13/h13H,3-12H2,1-2H3. The van der Waals surface area contributed by atoms with Crippen LogP contribution in [-0.4, -0.2) is 37.0 Å². The smallest absolute Gasteiger partial charge is 0.307 e. The molecule has 0 N–H and O–H groups in total. The Balaban J connectivity index is 2.26. The average Bonchev–Trinajstić information content (AvgIpc) is 2.46. The summed E-state index contributed by atoms with van der Waals surface area (Å²) in [5.41, 5.74) is 0. The van der Waals surface area contributed by atoms with Gasteiger partial charge in [0.1, 0.15) is 0 Å². The second-order valence-electron chi connectivity index (χ2n) is 5.34. The summed E-state index contributed by atoms with van der Waals surface area (Å²) in [4.78, 5) is 25.0. The highest BCUT2D eigenvalue weighted by atomic mass is 16.5. The normalized spacial score (nSPS) is 16.1. The Morgan fingerprint density at radius 1 is 1.16 bits per heavy atom. The van der Waals surface area contributed by atoms with Gasteiger partial charge in [0.25, 0.3) is 0 Å². The van der Waals surface area contributed by atoms with E-state index in [1.165, 1.54) is 39.2 Å². The van der Waals surface area contributed by atoms with E-state index in [1.807, 2.05) is 6.92 Å². The number of hydrogen-bond donors (Lipinski definition) is 0. The van der Waals surface area contributed by atoms with Gasteiger partial charge in [-0.2, -0.15) is 0 Å². The Morgan fingerprint density at radius 2 is 1.84 bits per heavy atom. The molecule has 0 heterocycles. The highest BCUT2D eigenvalue weighted by Crippen LogP contribution is 2.27. The molecule has 0 radical (unpaired) electrons. The third-order valence-electron chi connectivity index (χ3n) is 4.04. The number of carbonyl (C=O) groups excluding carboxylic acids is 2. The largest absolute Gasteiger partial charge is 0.469 e. The molecule has 0 spiro atoms. The van der Waals surface area contributed by atoms with E-state index >= 15 is 0 Å². The van der Waals surface area contributed by atoms with Crippen LogP contribution in [0, 0.1) is 5.92 Å². The van der Waals surface area contributed by atoms with Crippen LogP contribution < -0.4 is 0 Å². The van der Waals surface area contributed by atoms with Gasteiger partial charge >= 0.3 is 5.97 Å². The first kappa shape index (κ1) is 16.0. The highest BCUT2D eigenvalue weighted by Gasteiger charge is 2.18. The van der Waals surface area contributed by atoms with Gasteiger partial charge in [0.2, 0.25) is 5.91 Å². The van der Waals surface area contributed by atoms with Gasteiger partial charge in [0.15, 0.2) is 0 Å². The second-order valence-corrected chi connectivity index (χ2v) is 5.34. The van der Waals surface area contributed by atoms with Crippen LogP contribution in [0.1, 0.15) is 58.3 Å². The van der Waals surface area contributed by atoms with Crippen molar-refractivity contribution in [2.75, 3.05) is 20.2 Å². The summed E-state index contributed by atoms with van der Waals surface area (Å²) in [6.45, 7) is 3.10. The minimum absolute atomic E-state index is 0.178. The summed E-state index contributed by atoms with van der Waals surface area (Å²) in [6, 6.07) is 0. The molecule has 19 heavy (non-hydrogen) atoms. The lowest BCUT2D eigenvalue weighted by Crippen LogP contribution is -2.33. The average molecular weight is 269 g/mol. The van der Waals surface area contributed by atoms with Crippen LogP contribution >= 0.6 is 0 Å². The van der Waals surface area contributed by atoms with E-state index in [2.05, 4.69) is 4.74 Å². The molecule has 1 fully saturated rings. The van der Waals surface area contributed by atoms with Crippen molar-refractivity contribution in [3.8, 4) is 0 Å². The maximum Gasteiger partial charge on any atom is 0.307 e. The number of hydrogen-bond acceptors (Lipinski definition) is 3. The molecule has 0 bridgehead atoms. The van der Waals surface area contributed by atoms with Crippen molar-refractivity contribution in [1.82, 2.24) is 4.90 Å². The second kappa shape index (κ2) is 8.94. The zero-order chi connectivity index (χ0) is 14.1. The fourth-order valence-corrected chi connectivity index (χ4v) is 2.75. The lowest BCUT2D eigenvalue weighted by atomic mass is 9.86. The third kappa shape index (κ3) is 6.08. The van der Waals surface area contributed by atoms with E-state index < -0.39 is 0 Å². The topological polar surface area (TPSA) is 46.6 Å². The molecule has 0 unspecified atom stereocenters. The monoisotopic (exact) mass is 269 g/mol. The molecule has 0 aromatic rings. The summed E-state index contributed by atoms with van der Waals surface area (Å²) in [7, 11) is 1.38. The summed E-state index contributed by atoms with van der Waals surface area (Å²) >= 11 is 0. The first-order valence-corrected chi connectivity index (χ1v) is 7.52. The Labute approximate surface area is 116 Å². The molecule has 4 nitrogen and oxygen atoms in total. The van der Waals surface area contributed by atoms with Gasteiger partial charge in [0.05, 0.1) is 13.5 Å². The summed E-state index contributed by atoms with van der Waals surface area (Å²) in [5, 5.41) is 0. The van der Waals surface area contributed by atoms with E-state index in [0.717, 1.165) is 12.3 Å². The van der Waals surface area contributed by atoms with Crippen LogP contribution in [0.5, 0.6) is 0 Å². The number of rotatable bonds is 7. The van der Waals surface area contributed by atoms with Gasteiger partial charge in [-0.05, 0) is 19.3 Å². The fraction of sp³-hybridized carbons (Fsp3) is 0.867. The minimum atomic E-state index is -0.251. The molecule has 1 aliphatic carbocycles. The molecule has 110 valence electrons. The van der Waals surface area contributed by atoms with Crippen LogP contribution in [0.3, 0.4) is 0 Å². The van der Waals surface area contributed by atoms with Gasteiger partial charge in [0, 0.05) is 19.5 Å². The van der Waals surface area contributed by atoms with Crippen molar-refractivity contribution >= 4 is 11.9 Å². The molecule has 1 rings (SSSR count). The zero-order valence-electron chi connectivity index (χ0n) is 12.3. The maximum atomic E-state index is 12.1. The molecule has 1 amide bonds. The molecule has 0 aromatic heterocycles. The van der Waals surface area contributed by atoms with Crippen LogP contribution in [0.2, 0.25) is 0 Å². The number of ether oxygens (including phenoxy) is 1. The van der Waals surface area contributed by atoms with Crippen molar-refractivity contribution in [3.63, 3.8) is 0 Å². The van der Waals surface area contributed by atoms with E-state index in [-0.39, 0.29) is 11.9 Å². The van der Waals surface area contributed by atoms with Crippen molar-refractivity contribution < 1.29 is 14.3 Å². The quantitative estimate of drug-likeness (QED) is 0.668. The van der Waals surface area contributed by atoms with Crippen LogP contribution in [0.25, 0.3) is 0 Å². The first-order valence-electron chi connectivity index (χ1n) is 7.52. The predicted octanol–water partition coefficient (Wildman–Crippen LogP) is 2.76. The fourth-order valence-electron chi connectivity index (χ4n) is 2.75. The minimum Gasteiger partial charge on any atom is -0.469 e. The Bertz CT molecular complexity index is 285. The number of nitrogens with zero attached hydrogens (tertiary/aromatic N) is 1. The molecule has 1 aliphatic rings. The van der Waals surface area contributed by atoms with Gasteiger partial charge < -0.3 is 9.64 Å². The molecular weight excluding hydrogens is 242 g/mol. The summed E-state index contributed by atoms with van der Waals surface area (Å²) in [6.07, 6.45) is 8.47. The van der Waals surface area contributed by atoms with Gasteiger partial charge in [-0.15, -0.1) is 0 Å². The Kier molecular flexibility index (Phi) is 7.53. The molecule has 0 atom stereocenters. The highest BCUT2D eigenvalue weighted by molar-refractivity contribution is 5.77. The van der Waals surface area contributed by atoms with Crippen LogP contribution in [0.4, 0.5) is 0 Å². The van der Waals surface area contributed by atoms with Crippen molar-refractivity contribution in [2.45, 2.75) is 58.3 Å². The molecule has 4 heteroatoms. The van der Waals surface area contributed by atoms with Gasteiger partial charge in [-0.3, -0.25) is 9.59 Å². The number of amides is 1. The summed E-state index contributed by atoms with van der Waals surface area (Å²) < 4.78 is 4.60. The zero-order valence-corrected chi connectivity index (χ0v) is 12.3. The lowest BCUT2D eigenvalue weighted by Gasteiger charge is -2.24. The van der Waals surface area contributed by atoms with E-state index in [0.29, 0.717) is 25.9 Å². The summed E-state index contributed by atoms with van der Waals surface area (Å²) in [5.74, 6) is 0.660. The third-order valence-corrected chi connectivity index (χ3v) is 4.04. The Hall–Kier alpha value is -1.06. The molecular formula is C15H27NO3. The number of carbonyl (C=O) groups is 2. The molecule has 0 aliphatic heterocycles. The molecule has 1 saturated carbocycles.